The molecule has 0 radical (unpaired) electrons. The molecule has 0 bridgehead atoms. The fraction of sp³-hybridized carbons (Fsp3) is 0.941. The summed E-state index contributed by atoms with van der Waals surface area (Å²) in [4.78, 5) is 5.21. The predicted molar refractivity (Wildman–Crippen MR) is 98.9 cm³/mol. The predicted octanol–water partition coefficient (Wildman–Crippen LogP) is 6.30. The van der Waals surface area contributed by atoms with Gasteiger partial charge in [-0.15, -0.1) is 0 Å². The van der Waals surface area contributed by atoms with Crippen molar-refractivity contribution >= 4 is 35.2 Å². The Hall–Kier alpha value is 0.819. The van der Waals surface area contributed by atoms with Crippen LogP contribution >= 0.6 is 11.8 Å². The van der Waals surface area contributed by atoms with Crippen LogP contribution in [0.4, 0.5) is 0 Å². The van der Waals surface area contributed by atoms with E-state index in [4.69, 9.17) is 4.99 Å². The van der Waals surface area contributed by atoms with Gasteiger partial charge in [0.2, 0.25) is 0 Å². The zero-order chi connectivity index (χ0) is 14.8. The molecule has 0 aromatic heterocycles. The Morgan fingerprint density at radius 2 is 1.50 bits per heavy atom. The van der Waals surface area contributed by atoms with Crippen LogP contribution < -0.4 is 0 Å². The third kappa shape index (κ3) is 5.55. The Bertz CT molecular complexity index is 269. The quantitative estimate of drug-likeness (QED) is 0.390. The molecule has 20 heavy (non-hydrogen) atoms. The summed E-state index contributed by atoms with van der Waals surface area (Å²) in [5.74, 6) is 0. The SMILES string of the molecule is CCC[CH2][Sn]([CH2]CCC)([CH2]CCC)[CH]1CCC(SC)=N1. The first-order valence-electron chi connectivity index (χ1n) is 8.83. The summed E-state index contributed by atoms with van der Waals surface area (Å²) < 4.78 is 5.67. The van der Waals surface area contributed by atoms with E-state index in [1.807, 2.05) is 11.8 Å². The van der Waals surface area contributed by atoms with Crippen LogP contribution in [0.3, 0.4) is 0 Å². The summed E-state index contributed by atoms with van der Waals surface area (Å²) in [5.41, 5.74) is 0. The molecule has 1 atom stereocenters. The molecule has 0 aromatic carbocycles. The summed E-state index contributed by atoms with van der Waals surface area (Å²) in [5, 5.41) is 1.46. The summed E-state index contributed by atoms with van der Waals surface area (Å²) in [7, 11) is 0. The Kier molecular flexibility index (Phi) is 9.93. The standard InChI is InChI=1S/C5H8NS.3C4H9.Sn/c1-7-5-3-2-4-6-5;3*1-3-4-2;/h4H,2-3H2,1H3;3*1,3-4H2,2H3;. The molecule has 0 saturated carbocycles. The van der Waals surface area contributed by atoms with Crippen molar-refractivity contribution in [1.82, 2.24) is 0 Å². The van der Waals surface area contributed by atoms with E-state index in [1.54, 1.807) is 13.3 Å². The van der Waals surface area contributed by atoms with Gasteiger partial charge in [-0.05, 0) is 0 Å². The van der Waals surface area contributed by atoms with Crippen molar-refractivity contribution in [3.63, 3.8) is 0 Å². The average Bonchev–Trinajstić information content (AvgIpc) is 2.96. The molecule has 1 aliphatic rings. The molecule has 3 heteroatoms. The molecular weight excluding hydrogens is 369 g/mol. The molecular formula is C17H35NSSn. The fourth-order valence-electron chi connectivity index (χ4n) is 3.62. The maximum absolute atomic E-state index is 5.21. The van der Waals surface area contributed by atoms with E-state index in [0.717, 1.165) is 4.06 Å². The van der Waals surface area contributed by atoms with Gasteiger partial charge in [-0.25, -0.2) is 0 Å². The topological polar surface area (TPSA) is 12.4 Å². The van der Waals surface area contributed by atoms with Gasteiger partial charge in [-0.2, -0.15) is 0 Å². The summed E-state index contributed by atoms with van der Waals surface area (Å²) in [6.07, 6.45) is 13.5. The Morgan fingerprint density at radius 1 is 1.00 bits per heavy atom. The molecule has 1 unspecified atom stereocenters. The second-order valence-electron chi connectivity index (χ2n) is 6.45. The number of nitrogens with zero attached hydrogens (tertiary/aromatic N) is 1. The molecule has 1 nitrogen and oxygen atoms in total. The molecule has 1 rings (SSSR count). The third-order valence-corrected chi connectivity index (χ3v) is 22.5. The molecule has 0 fully saturated rings. The normalized spacial score (nSPS) is 19.4. The maximum atomic E-state index is 5.21. The minimum atomic E-state index is -2.05. The van der Waals surface area contributed by atoms with Crippen molar-refractivity contribution in [1.29, 1.82) is 0 Å². The van der Waals surface area contributed by atoms with Crippen molar-refractivity contribution in [2.24, 2.45) is 4.99 Å². The van der Waals surface area contributed by atoms with Crippen molar-refractivity contribution in [3.05, 3.63) is 0 Å². The summed E-state index contributed by atoms with van der Waals surface area (Å²) in [6.45, 7) is 7.09. The van der Waals surface area contributed by atoms with Gasteiger partial charge in [-0.1, -0.05) is 0 Å². The number of aliphatic imine (C=N–C) groups is 1. The van der Waals surface area contributed by atoms with Crippen LogP contribution in [0.2, 0.25) is 13.3 Å². The average molecular weight is 404 g/mol. The van der Waals surface area contributed by atoms with Crippen LogP contribution in [0.5, 0.6) is 0 Å². The summed E-state index contributed by atoms with van der Waals surface area (Å²) >= 11 is -0.146. The van der Waals surface area contributed by atoms with E-state index >= 15 is 0 Å². The van der Waals surface area contributed by atoms with E-state index in [2.05, 4.69) is 27.0 Å². The molecule has 0 spiro atoms. The fourth-order valence-corrected chi connectivity index (χ4v) is 21.9. The van der Waals surface area contributed by atoms with Gasteiger partial charge >= 0.3 is 136 Å². The van der Waals surface area contributed by atoms with Gasteiger partial charge < -0.3 is 0 Å². The van der Waals surface area contributed by atoms with Gasteiger partial charge in [0, 0.05) is 0 Å². The van der Waals surface area contributed by atoms with Crippen molar-refractivity contribution in [2.75, 3.05) is 6.26 Å². The summed E-state index contributed by atoms with van der Waals surface area (Å²) in [6, 6.07) is 0. The number of hydrogen-bond acceptors (Lipinski definition) is 2. The number of unbranched alkanes of at least 4 members (excludes halogenated alkanes) is 3. The second kappa shape index (κ2) is 10.5. The van der Waals surface area contributed by atoms with E-state index in [-0.39, 0.29) is 0 Å². The van der Waals surface area contributed by atoms with Crippen molar-refractivity contribution in [3.8, 4) is 0 Å². The molecule has 0 aliphatic carbocycles. The van der Waals surface area contributed by atoms with E-state index in [1.165, 1.54) is 56.4 Å². The first-order valence-corrected chi connectivity index (χ1v) is 17.8. The first-order chi connectivity index (χ1) is 9.72. The molecule has 1 heterocycles. The first kappa shape index (κ1) is 18.9. The van der Waals surface area contributed by atoms with Crippen LogP contribution in [0.15, 0.2) is 4.99 Å². The zero-order valence-corrected chi connectivity index (χ0v) is 17.9. The van der Waals surface area contributed by atoms with Crippen LogP contribution in [-0.4, -0.2) is 33.7 Å². The van der Waals surface area contributed by atoms with Gasteiger partial charge in [0.25, 0.3) is 0 Å². The Labute approximate surface area is 135 Å². The van der Waals surface area contributed by atoms with E-state index in [9.17, 15) is 0 Å². The molecule has 118 valence electrons. The molecule has 0 amide bonds. The monoisotopic (exact) mass is 405 g/mol. The number of hydrogen-bond donors (Lipinski definition) is 0. The number of thioether (sulfide) groups is 1. The zero-order valence-electron chi connectivity index (χ0n) is 14.2. The van der Waals surface area contributed by atoms with Crippen molar-refractivity contribution in [2.45, 2.75) is 89.5 Å². The van der Waals surface area contributed by atoms with Crippen molar-refractivity contribution < 1.29 is 0 Å². The third-order valence-electron chi connectivity index (χ3n) is 4.96. The minimum absolute atomic E-state index is 0.830. The van der Waals surface area contributed by atoms with Crippen LogP contribution in [0, 0.1) is 0 Å². The Balaban J connectivity index is 2.84. The number of rotatable bonds is 10. The van der Waals surface area contributed by atoms with Gasteiger partial charge in [0.05, 0.1) is 0 Å². The van der Waals surface area contributed by atoms with E-state index < -0.39 is 18.4 Å². The van der Waals surface area contributed by atoms with Crippen LogP contribution in [-0.2, 0) is 0 Å². The van der Waals surface area contributed by atoms with Crippen LogP contribution in [0.25, 0.3) is 0 Å². The van der Waals surface area contributed by atoms with Gasteiger partial charge in [0.1, 0.15) is 0 Å². The second-order valence-corrected chi connectivity index (χ2v) is 21.3. The van der Waals surface area contributed by atoms with E-state index in [0.29, 0.717) is 0 Å². The molecule has 0 aromatic rings. The molecule has 0 saturated heterocycles. The van der Waals surface area contributed by atoms with Gasteiger partial charge in [-0.3, -0.25) is 0 Å². The Morgan fingerprint density at radius 3 is 1.85 bits per heavy atom. The molecule has 0 N–H and O–H groups in total. The molecule has 1 aliphatic heterocycles. The van der Waals surface area contributed by atoms with Crippen LogP contribution in [0.1, 0.15) is 72.1 Å². The van der Waals surface area contributed by atoms with Gasteiger partial charge in [0.15, 0.2) is 0 Å².